The fraction of sp³-hybridized carbons (Fsp3) is 0.846. The fourth-order valence-corrected chi connectivity index (χ4v) is 2.25. The van der Waals surface area contributed by atoms with E-state index in [-0.39, 0.29) is 12.1 Å². The molecular formula is C13H24N2O3. The molecule has 5 heteroatoms. The van der Waals surface area contributed by atoms with E-state index >= 15 is 0 Å². The number of nitrogens with one attached hydrogen (secondary N) is 1. The van der Waals surface area contributed by atoms with Gasteiger partial charge in [0.15, 0.2) is 0 Å². The summed E-state index contributed by atoms with van der Waals surface area (Å²) in [6.45, 7) is 3.81. The molecule has 1 aliphatic carbocycles. The van der Waals surface area contributed by atoms with Gasteiger partial charge < -0.3 is 15.3 Å². The summed E-state index contributed by atoms with van der Waals surface area (Å²) >= 11 is 0. The third-order valence-electron chi connectivity index (χ3n) is 3.81. The lowest BCUT2D eigenvalue weighted by Crippen LogP contribution is -2.58. The molecule has 0 spiro atoms. The Morgan fingerprint density at radius 2 is 1.67 bits per heavy atom. The van der Waals surface area contributed by atoms with Gasteiger partial charge in [-0.2, -0.15) is 0 Å². The van der Waals surface area contributed by atoms with Gasteiger partial charge >= 0.3 is 12.0 Å². The van der Waals surface area contributed by atoms with Crippen LogP contribution in [0.2, 0.25) is 0 Å². The molecule has 0 aromatic heterocycles. The Morgan fingerprint density at radius 3 is 2.06 bits per heavy atom. The highest BCUT2D eigenvalue weighted by Crippen LogP contribution is 2.27. The maximum Gasteiger partial charge on any atom is 0.329 e. The Labute approximate surface area is 109 Å². The van der Waals surface area contributed by atoms with E-state index in [1.807, 2.05) is 13.8 Å². The van der Waals surface area contributed by atoms with Crippen molar-refractivity contribution >= 4 is 12.0 Å². The first-order valence-electron chi connectivity index (χ1n) is 6.67. The van der Waals surface area contributed by atoms with Gasteiger partial charge in [-0.1, -0.05) is 25.7 Å². The normalized spacial score (nSPS) is 19.1. The fourth-order valence-electron chi connectivity index (χ4n) is 2.25. The van der Waals surface area contributed by atoms with Crippen LogP contribution in [0.1, 0.15) is 52.4 Å². The molecule has 2 amide bonds. The summed E-state index contributed by atoms with van der Waals surface area (Å²) < 4.78 is 0. The predicted octanol–water partition coefficient (Wildman–Crippen LogP) is 2.21. The number of carboxylic acids is 1. The topological polar surface area (TPSA) is 69.6 Å². The van der Waals surface area contributed by atoms with E-state index in [4.69, 9.17) is 0 Å². The van der Waals surface area contributed by atoms with Crippen LogP contribution in [0.5, 0.6) is 0 Å². The molecule has 2 N–H and O–H groups in total. The number of hydrogen-bond acceptors (Lipinski definition) is 2. The Bertz CT molecular complexity index is 307. The summed E-state index contributed by atoms with van der Waals surface area (Å²) in [6, 6.07) is -0.240. The van der Waals surface area contributed by atoms with Crippen LogP contribution in [-0.4, -0.2) is 40.6 Å². The van der Waals surface area contributed by atoms with Crippen molar-refractivity contribution in [3.63, 3.8) is 0 Å². The Kier molecular flexibility index (Phi) is 4.99. The summed E-state index contributed by atoms with van der Waals surface area (Å²) in [5.41, 5.74) is -1.07. The van der Waals surface area contributed by atoms with Crippen LogP contribution in [0, 0.1) is 0 Å². The number of rotatable bonds is 3. The second-order valence-electron chi connectivity index (χ2n) is 5.44. The lowest BCUT2D eigenvalue weighted by atomic mass is 9.90. The number of urea groups is 1. The van der Waals surface area contributed by atoms with Gasteiger partial charge in [-0.25, -0.2) is 9.59 Å². The number of nitrogens with zero attached hydrogens (tertiary/aromatic N) is 1. The van der Waals surface area contributed by atoms with Gasteiger partial charge in [-0.05, 0) is 26.7 Å². The van der Waals surface area contributed by atoms with E-state index in [9.17, 15) is 14.7 Å². The second kappa shape index (κ2) is 6.07. The molecule has 104 valence electrons. The van der Waals surface area contributed by atoms with Crippen molar-refractivity contribution < 1.29 is 14.7 Å². The minimum Gasteiger partial charge on any atom is -0.480 e. The third kappa shape index (κ3) is 3.37. The molecule has 0 atom stereocenters. The van der Waals surface area contributed by atoms with Gasteiger partial charge in [0.05, 0.1) is 0 Å². The Hall–Kier alpha value is -1.26. The molecule has 1 aliphatic rings. The summed E-state index contributed by atoms with van der Waals surface area (Å²) in [5, 5.41) is 12.2. The number of carbonyl (C=O) groups excluding carboxylic acids is 1. The highest BCUT2D eigenvalue weighted by Gasteiger charge is 2.40. The number of hydrogen-bond donors (Lipinski definition) is 2. The number of aliphatic carboxylic acids is 1. The van der Waals surface area contributed by atoms with Crippen LogP contribution in [0.25, 0.3) is 0 Å². The van der Waals surface area contributed by atoms with Crippen LogP contribution >= 0.6 is 0 Å². The predicted molar refractivity (Wildman–Crippen MR) is 69.5 cm³/mol. The summed E-state index contributed by atoms with van der Waals surface area (Å²) in [6.07, 6.45) is 4.87. The summed E-state index contributed by atoms with van der Waals surface area (Å²) in [4.78, 5) is 25.1. The minimum absolute atomic E-state index is 0.0571. The zero-order valence-corrected chi connectivity index (χ0v) is 11.5. The zero-order valence-electron chi connectivity index (χ0n) is 11.5. The quantitative estimate of drug-likeness (QED) is 0.761. The van der Waals surface area contributed by atoms with Crippen LogP contribution < -0.4 is 5.32 Å². The second-order valence-corrected chi connectivity index (χ2v) is 5.44. The molecule has 5 nitrogen and oxygen atoms in total. The standard InChI is InChI=1S/C13H24N2O3/c1-10(2)15(3)12(18)14-13(11(16)17)8-6-4-5-7-9-13/h10H,4-9H2,1-3H3,(H,14,18)(H,16,17). The SMILES string of the molecule is CC(C)N(C)C(=O)NC1(C(=O)O)CCCCCC1. The first-order chi connectivity index (χ1) is 8.39. The molecular weight excluding hydrogens is 232 g/mol. The maximum atomic E-state index is 12.0. The van der Waals surface area contributed by atoms with Crippen molar-refractivity contribution in [3.8, 4) is 0 Å². The molecule has 0 aromatic carbocycles. The molecule has 0 saturated heterocycles. The molecule has 0 bridgehead atoms. The summed E-state index contributed by atoms with van der Waals surface area (Å²) in [5.74, 6) is -0.907. The molecule has 0 radical (unpaired) electrons. The lowest BCUT2D eigenvalue weighted by Gasteiger charge is -2.32. The molecule has 0 unspecified atom stereocenters. The van der Waals surface area contributed by atoms with Crippen molar-refractivity contribution in [2.24, 2.45) is 0 Å². The first kappa shape index (κ1) is 14.8. The Balaban J connectivity index is 2.79. The van der Waals surface area contributed by atoms with Crippen LogP contribution in [0.15, 0.2) is 0 Å². The average molecular weight is 256 g/mol. The van der Waals surface area contributed by atoms with Crippen molar-refractivity contribution in [2.75, 3.05) is 7.05 Å². The highest BCUT2D eigenvalue weighted by atomic mass is 16.4. The number of carbonyl (C=O) groups is 2. The molecule has 0 aromatic rings. The number of amides is 2. The molecule has 0 heterocycles. The Morgan fingerprint density at radius 1 is 1.17 bits per heavy atom. The van der Waals surface area contributed by atoms with E-state index in [1.54, 1.807) is 7.05 Å². The van der Waals surface area contributed by atoms with E-state index in [2.05, 4.69) is 5.32 Å². The van der Waals surface area contributed by atoms with Gasteiger partial charge in [-0.15, -0.1) is 0 Å². The largest absolute Gasteiger partial charge is 0.480 e. The lowest BCUT2D eigenvalue weighted by molar-refractivity contribution is -0.145. The van der Waals surface area contributed by atoms with Crippen molar-refractivity contribution in [2.45, 2.75) is 64.0 Å². The summed E-state index contributed by atoms with van der Waals surface area (Å²) in [7, 11) is 1.69. The van der Waals surface area contributed by atoms with Crippen molar-refractivity contribution in [1.29, 1.82) is 0 Å². The van der Waals surface area contributed by atoms with Crippen molar-refractivity contribution in [1.82, 2.24) is 10.2 Å². The number of carboxylic acid groups (broad SMARTS) is 1. The van der Waals surface area contributed by atoms with E-state index in [1.165, 1.54) is 4.90 Å². The molecule has 0 aliphatic heterocycles. The van der Waals surface area contributed by atoms with Crippen molar-refractivity contribution in [3.05, 3.63) is 0 Å². The van der Waals surface area contributed by atoms with Gasteiger partial charge in [0, 0.05) is 13.1 Å². The van der Waals surface area contributed by atoms with Crippen LogP contribution in [0.3, 0.4) is 0 Å². The van der Waals surface area contributed by atoms with Gasteiger partial charge in [0.2, 0.25) is 0 Å². The third-order valence-corrected chi connectivity index (χ3v) is 3.81. The molecule has 1 fully saturated rings. The smallest absolute Gasteiger partial charge is 0.329 e. The molecule has 1 rings (SSSR count). The van der Waals surface area contributed by atoms with Crippen LogP contribution in [0.4, 0.5) is 4.79 Å². The first-order valence-corrected chi connectivity index (χ1v) is 6.67. The highest BCUT2D eigenvalue weighted by molar-refractivity contribution is 5.86. The van der Waals surface area contributed by atoms with Gasteiger partial charge in [0.1, 0.15) is 5.54 Å². The van der Waals surface area contributed by atoms with E-state index in [0.29, 0.717) is 12.8 Å². The van der Waals surface area contributed by atoms with E-state index < -0.39 is 11.5 Å². The van der Waals surface area contributed by atoms with Gasteiger partial charge in [-0.3, -0.25) is 0 Å². The van der Waals surface area contributed by atoms with E-state index in [0.717, 1.165) is 25.7 Å². The average Bonchev–Trinajstić information content (AvgIpc) is 2.54. The van der Waals surface area contributed by atoms with Crippen LogP contribution in [-0.2, 0) is 4.79 Å². The maximum absolute atomic E-state index is 12.0. The zero-order chi connectivity index (χ0) is 13.8. The van der Waals surface area contributed by atoms with Gasteiger partial charge in [0.25, 0.3) is 0 Å². The molecule has 1 saturated carbocycles. The molecule has 18 heavy (non-hydrogen) atoms. The monoisotopic (exact) mass is 256 g/mol. The minimum atomic E-state index is -1.07.